The number of amides is 2. The Morgan fingerprint density at radius 2 is 1.73 bits per heavy atom. The number of benzene rings is 1. The molecule has 2 unspecified atom stereocenters. The lowest BCUT2D eigenvalue weighted by Crippen LogP contribution is -2.54. The van der Waals surface area contributed by atoms with Gasteiger partial charge < -0.3 is 15.4 Å². The minimum absolute atomic E-state index is 0.0980. The van der Waals surface area contributed by atoms with Crippen LogP contribution in [0.4, 0.5) is 0 Å². The van der Waals surface area contributed by atoms with Gasteiger partial charge in [-0.05, 0) is 82.2 Å². The Morgan fingerprint density at radius 1 is 1.12 bits per heavy atom. The highest BCUT2D eigenvalue weighted by atomic mass is 32.2. The maximum atomic E-state index is 13.3. The Kier molecular flexibility index (Phi) is 8.67. The van der Waals surface area contributed by atoms with Gasteiger partial charge in [-0.2, -0.15) is 4.31 Å². The number of nitrogens with one attached hydrogen (secondary N) is 2. The number of carbonyl (C=O) groups excluding carboxylic acids is 2. The molecular formula is C24H35N3O5S. The summed E-state index contributed by atoms with van der Waals surface area (Å²) in [5, 5.41) is 5.80. The smallest absolute Gasteiger partial charge is 0.251 e. The molecule has 0 saturated carbocycles. The minimum atomic E-state index is -3.73. The van der Waals surface area contributed by atoms with E-state index >= 15 is 0 Å². The van der Waals surface area contributed by atoms with Crippen LogP contribution in [0.3, 0.4) is 0 Å². The summed E-state index contributed by atoms with van der Waals surface area (Å²) in [6.07, 6.45) is 5.24. The van der Waals surface area contributed by atoms with Crippen LogP contribution in [0.15, 0.2) is 41.8 Å². The molecule has 1 aromatic carbocycles. The van der Waals surface area contributed by atoms with Crippen molar-refractivity contribution >= 4 is 21.8 Å². The highest BCUT2D eigenvalue weighted by Gasteiger charge is 2.39. The largest absolute Gasteiger partial charge is 0.381 e. The SMILES string of the molecule is C=CC(=O)NC1CC(C)N(S(=O)(=O)c2ccc(C(=O)NCCC3CCOCC3)cc2)C(C)C1. The Hall–Kier alpha value is -2.23. The van der Waals surface area contributed by atoms with Gasteiger partial charge in [0.2, 0.25) is 15.9 Å². The van der Waals surface area contributed by atoms with Crippen LogP contribution in [0.25, 0.3) is 0 Å². The van der Waals surface area contributed by atoms with E-state index in [1.807, 2.05) is 13.8 Å². The normalized spacial score (nSPS) is 24.7. The number of ether oxygens (including phenoxy) is 1. The van der Waals surface area contributed by atoms with Crippen molar-refractivity contribution in [3.8, 4) is 0 Å². The van der Waals surface area contributed by atoms with E-state index in [2.05, 4.69) is 17.2 Å². The molecule has 0 spiro atoms. The zero-order valence-corrected chi connectivity index (χ0v) is 20.3. The van der Waals surface area contributed by atoms with Crippen molar-refractivity contribution in [2.75, 3.05) is 19.8 Å². The Morgan fingerprint density at radius 3 is 2.30 bits per heavy atom. The van der Waals surface area contributed by atoms with Crippen molar-refractivity contribution in [3.05, 3.63) is 42.5 Å². The number of sulfonamides is 1. The summed E-state index contributed by atoms with van der Waals surface area (Å²) in [5.41, 5.74) is 0.438. The summed E-state index contributed by atoms with van der Waals surface area (Å²) in [6, 6.07) is 5.45. The second-order valence-corrected chi connectivity index (χ2v) is 10.9. The quantitative estimate of drug-likeness (QED) is 0.560. The van der Waals surface area contributed by atoms with E-state index in [0.29, 0.717) is 30.9 Å². The van der Waals surface area contributed by atoms with E-state index in [4.69, 9.17) is 4.74 Å². The predicted molar refractivity (Wildman–Crippen MR) is 126 cm³/mol. The van der Waals surface area contributed by atoms with Crippen molar-refractivity contribution in [2.24, 2.45) is 5.92 Å². The number of nitrogens with zero attached hydrogens (tertiary/aromatic N) is 1. The Labute approximate surface area is 196 Å². The fourth-order valence-electron chi connectivity index (χ4n) is 4.84. The lowest BCUT2D eigenvalue weighted by atomic mass is 9.95. The van der Waals surface area contributed by atoms with Crippen LogP contribution in [-0.2, 0) is 19.6 Å². The van der Waals surface area contributed by atoms with E-state index in [0.717, 1.165) is 32.5 Å². The first-order valence-electron chi connectivity index (χ1n) is 11.6. The zero-order chi connectivity index (χ0) is 24.0. The van der Waals surface area contributed by atoms with E-state index in [1.54, 1.807) is 12.1 Å². The van der Waals surface area contributed by atoms with Gasteiger partial charge in [0, 0.05) is 43.4 Å². The molecule has 9 heteroatoms. The zero-order valence-electron chi connectivity index (χ0n) is 19.5. The maximum Gasteiger partial charge on any atom is 0.251 e. The van der Waals surface area contributed by atoms with Crippen molar-refractivity contribution in [2.45, 2.75) is 69.0 Å². The molecule has 2 atom stereocenters. The standard InChI is InChI=1S/C24H35N3O5S/c1-4-23(28)26-21-15-17(2)27(18(3)16-21)33(30,31)22-7-5-20(6-8-22)24(29)25-12-9-19-10-13-32-14-11-19/h4-8,17-19,21H,1,9-16H2,2-3H3,(H,25,29)(H,26,28). The summed E-state index contributed by atoms with van der Waals surface area (Å²) in [6.45, 7) is 9.32. The number of rotatable bonds is 8. The van der Waals surface area contributed by atoms with E-state index in [1.165, 1.54) is 22.5 Å². The molecule has 0 bridgehead atoms. The number of carbonyl (C=O) groups is 2. The molecule has 8 nitrogen and oxygen atoms in total. The van der Waals surface area contributed by atoms with Gasteiger partial charge in [0.25, 0.3) is 5.91 Å². The van der Waals surface area contributed by atoms with Gasteiger partial charge in [0.15, 0.2) is 0 Å². The van der Waals surface area contributed by atoms with Crippen LogP contribution in [0.1, 0.15) is 56.3 Å². The molecule has 0 radical (unpaired) electrons. The number of hydrogen-bond acceptors (Lipinski definition) is 5. The third-order valence-electron chi connectivity index (χ3n) is 6.52. The van der Waals surface area contributed by atoms with Crippen LogP contribution in [0.2, 0.25) is 0 Å². The molecule has 33 heavy (non-hydrogen) atoms. The first-order valence-corrected chi connectivity index (χ1v) is 13.1. The third-order valence-corrected chi connectivity index (χ3v) is 8.67. The summed E-state index contributed by atoms with van der Waals surface area (Å²) in [7, 11) is -3.73. The van der Waals surface area contributed by atoms with Crippen molar-refractivity contribution < 1.29 is 22.7 Å². The average molecular weight is 478 g/mol. The molecule has 0 aromatic heterocycles. The Balaban J connectivity index is 1.60. The second-order valence-electron chi connectivity index (χ2n) is 9.04. The molecule has 0 aliphatic carbocycles. The van der Waals surface area contributed by atoms with Crippen molar-refractivity contribution in [1.29, 1.82) is 0 Å². The van der Waals surface area contributed by atoms with Crippen LogP contribution in [-0.4, -0.2) is 62.4 Å². The fourth-order valence-corrected chi connectivity index (χ4v) is 6.68. The first-order chi connectivity index (χ1) is 15.7. The van der Waals surface area contributed by atoms with Gasteiger partial charge in [-0.25, -0.2) is 8.42 Å². The minimum Gasteiger partial charge on any atom is -0.381 e. The average Bonchev–Trinajstić information content (AvgIpc) is 2.79. The third kappa shape index (κ3) is 6.43. The van der Waals surface area contributed by atoms with Gasteiger partial charge >= 0.3 is 0 Å². The van der Waals surface area contributed by atoms with Crippen LogP contribution in [0, 0.1) is 5.92 Å². The number of piperidine rings is 1. The monoisotopic (exact) mass is 477 g/mol. The van der Waals surface area contributed by atoms with Gasteiger partial charge in [0.05, 0.1) is 4.90 Å². The van der Waals surface area contributed by atoms with Crippen molar-refractivity contribution in [3.63, 3.8) is 0 Å². The topological polar surface area (TPSA) is 105 Å². The molecule has 2 heterocycles. The molecule has 2 aliphatic rings. The molecular weight excluding hydrogens is 442 g/mol. The molecule has 2 fully saturated rings. The van der Waals surface area contributed by atoms with E-state index in [-0.39, 0.29) is 34.8 Å². The molecule has 2 N–H and O–H groups in total. The lowest BCUT2D eigenvalue weighted by Gasteiger charge is -2.41. The van der Waals surface area contributed by atoms with Crippen LogP contribution >= 0.6 is 0 Å². The predicted octanol–water partition coefficient (Wildman–Crippen LogP) is 2.47. The molecule has 3 rings (SSSR count). The second kappa shape index (κ2) is 11.3. The van der Waals surface area contributed by atoms with Gasteiger partial charge in [-0.3, -0.25) is 9.59 Å². The van der Waals surface area contributed by atoms with E-state index in [9.17, 15) is 18.0 Å². The molecule has 2 saturated heterocycles. The highest BCUT2D eigenvalue weighted by molar-refractivity contribution is 7.89. The van der Waals surface area contributed by atoms with Crippen molar-refractivity contribution in [1.82, 2.24) is 14.9 Å². The molecule has 2 aliphatic heterocycles. The number of hydrogen-bond donors (Lipinski definition) is 2. The van der Waals surface area contributed by atoms with Gasteiger partial charge in [-0.1, -0.05) is 6.58 Å². The molecule has 1 aromatic rings. The molecule has 182 valence electrons. The fraction of sp³-hybridized carbons (Fsp3) is 0.583. The Bertz CT molecular complexity index is 929. The summed E-state index contributed by atoms with van der Waals surface area (Å²) >= 11 is 0. The highest BCUT2D eigenvalue weighted by Crippen LogP contribution is 2.30. The lowest BCUT2D eigenvalue weighted by molar-refractivity contribution is -0.117. The maximum absolute atomic E-state index is 13.3. The van der Waals surface area contributed by atoms with E-state index < -0.39 is 10.0 Å². The summed E-state index contributed by atoms with van der Waals surface area (Å²) < 4.78 is 33.5. The molecule has 2 amide bonds. The van der Waals surface area contributed by atoms with Crippen LogP contribution < -0.4 is 10.6 Å². The summed E-state index contributed by atoms with van der Waals surface area (Å²) in [5.74, 6) is 0.119. The summed E-state index contributed by atoms with van der Waals surface area (Å²) in [4.78, 5) is 24.3. The van der Waals surface area contributed by atoms with Gasteiger partial charge in [0.1, 0.15) is 0 Å². The first kappa shape index (κ1) is 25.4. The van der Waals surface area contributed by atoms with Crippen LogP contribution in [0.5, 0.6) is 0 Å². The van der Waals surface area contributed by atoms with Gasteiger partial charge in [-0.15, -0.1) is 0 Å².